The van der Waals surface area contributed by atoms with Crippen molar-refractivity contribution >= 4 is 21.6 Å². The maximum absolute atomic E-state index is 12.8. The molecule has 0 aliphatic carbocycles. The van der Waals surface area contributed by atoms with Gasteiger partial charge in [-0.05, 0) is 44.9 Å². The second kappa shape index (κ2) is 5.92. The molecule has 1 aromatic carbocycles. The number of ether oxygens (including phenoxy) is 1. The predicted octanol–water partition coefficient (Wildman–Crippen LogP) is 3.30. The number of hydrogen-bond donors (Lipinski definition) is 0. The zero-order valence-corrected chi connectivity index (χ0v) is 13.5. The number of hydrogen-bond acceptors (Lipinski definition) is 3. The molecule has 112 valence electrons. The molecule has 2 rings (SSSR count). The maximum atomic E-state index is 12.8. The summed E-state index contributed by atoms with van der Waals surface area (Å²) in [6, 6.07) is 4.64. The minimum atomic E-state index is -3.51. The average Bonchev–Trinajstić information content (AvgIpc) is 2.38. The first-order chi connectivity index (χ1) is 9.37. The fourth-order valence-electron chi connectivity index (χ4n) is 2.80. The molecular weight excluding hydrogens is 298 g/mol. The van der Waals surface area contributed by atoms with Gasteiger partial charge in [0.2, 0.25) is 10.0 Å². The standard InChI is InChI=1S/C14H20ClNO3S/c1-10-5-4-6-11(2)16(10)20(17,18)12-7-8-14(19-3)13(15)9-12/h7-11H,4-6H2,1-3H3/t10-,11-/m1/s1. The Labute approximate surface area is 125 Å². The van der Waals surface area contributed by atoms with Gasteiger partial charge in [0.15, 0.2) is 0 Å². The number of methoxy groups -OCH3 is 1. The van der Waals surface area contributed by atoms with Crippen molar-refractivity contribution in [2.75, 3.05) is 7.11 Å². The van der Waals surface area contributed by atoms with E-state index in [9.17, 15) is 8.42 Å². The zero-order valence-electron chi connectivity index (χ0n) is 12.0. The van der Waals surface area contributed by atoms with Gasteiger partial charge in [0.05, 0.1) is 17.0 Å². The molecule has 1 saturated heterocycles. The number of nitrogens with zero attached hydrogens (tertiary/aromatic N) is 1. The third kappa shape index (κ3) is 2.80. The fraction of sp³-hybridized carbons (Fsp3) is 0.571. The minimum Gasteiger partial charge on any atom is -0.495 e. The van der Waals surface area contributed by atoms with Gasteiger partial charge < -0.3 is 4.74 Å². The van der Waals surface area contributed by atoms with E-state index in [2.05, 4.69) is 0 Å². The van der Waals surface area contributed by atoms with Crippen LogP contribution in [0.3, 0.4) is 0 Å². The molecule has 20 heavy (non-hydrogen) atoms. The van der Waals surface area contributed by atoms with Crippen molar-refractivity contribution in [3.05, 3.63) is 23.2 Å². The van der Waals surface area contributed by atoms with Crippen LogP contribution >= 0.6 is 11.6 Å². The highest BCUT2D eigenvalue weighted by atomic mass is 35.5. The monoisotopic (exact) mass is 317 g/mol. The van der Waals surface area contributed by atoms with E-state index in [4.69, 9.17) is 16.3 Å². The van der Waals surface area contributed by atoms with Crippen LogP contribution in [0.15, 0.2) is 23.1 Å². The number of halogens is 1. The molecule has 0 spiro atoms. The molecular formula is C14H20ClNO3S. The zero-order chi connectivity index (χ0) is 14.9. The van der Waals surface area contributed by atoms with Crippen molar-refractivity contribution in [3.63, 3.8) is 0 Å². The van der Waals surface area contributed by atoms with Crippen LogP contribution in [-0.4, -0.2) is 31.9 Å². The van der Waals surface area contributed by atoms with Gasteiger partial charge in [-0.3, -0.25) is 0 Å². The highest BCUT2D eigenvalue weighted by Crippen LogP contribution is 2.32. The van der Waals surface area contributed by atoms with E-state index in [1.54, 1.807) is 16.4 Å². The van der Waals surface area contributed by atoms with Crippen molar-refractivity contribution in [2.24, 2.45) is 0 Å². The lowest BCUT2D eigenvalue weighted by Gasteiger charge is -2.37. The molecule has 0 bridgehead atoms. The molecule has 1 aliphatic heterocycles. The Hall–Kier alpha value is -0.780. The van der Waals surface area contributed by atoms with Crippen LogP contribution in [0.5, 0.6) is 5.75 Å². The van der Waals surface area contributed by atoms with E-state index in [-0.39, 0.29) is 17.0 Å². The van der Waals surface area contributed by atoms with E-state index in [0.717, 1.165) is 19.3 Å². The van der Waals surface area contributed by atoms with Crippen LogP contribution in [0, 0.1) is 0 Å². The van der Waals surface area contributed by atoms with Gasteiger partial charge in [0.1, 0.15) is 5.75 Å². The first-order valence-corrected chi connectivity index (χ1v) is 8.57. The summed E-state index contributed by atoms with van der Waals surface area (Å²) >= 11 is 6.04. The maximum Gasteiger partial charge on any atom is 0.243 e. The predicted molar refractivity (Wildman–Crippen MR) is 79.8 cm³/mol. The molecule has 1 aromatic rings. The van der Waals surface area contributed by atoms with Crippen molar-refractivity contribution < 1.29 is 13.2 Å². The van der Waals surface area contributed by atoms with Crippen LogP contribution < -0.4 is 4.74 Å². The number of sulfonamides is 1. The van der Waals surface area contributed by atoms with Crippen LogP contribution in [-0.2, 0) is 10.0 Å². The van der Waals surface area contributed by atoms with Crippen LogP contribution in [0.25, 0.3) is 0 Å². The van der Waals surface area contributed by atoms with Gasteiger partial charge in [-0.15, -0.1) is 0 Å². The largest absolute Gasteiger partial charge is 0.495 e. The van der Waals surface area contributed by atoms with Gasteiger partial charge >= 0.3 is 0 Å². The van der Waals surface area contributed by atoms with Gasteiger partial charge in [-0.1, -0.05) is 18.0 Å². The number of rotatable bonds is 3. The van der Waals surface area contributed by atoms with Crippen LogP contribution in [0.2, 0.25) is 5.02 Å². The Morgan fingerprint density at radius 2 is 1.85 bits per heavy atom. The summed E-state index contributed by atoms with van der Waals surface area (Å²) in [5, 5.41) is 0.311. The Kier molecular flexibility index (Phi) is 4.62. The van der Waals surface area contributed by atoms with Crippen molar-refractivity contribution in [1.29, 1.82) is 0 Å². The molecule has 0 amide bonds. The van der Waals surface area contributed by atoms with E-state index in [1.807, 2.05) is 13.8 Å². The van der Waals surface area contributed by atoms with E-state index in [1.165, 1.54) is 13.2 Å². The van der Waals surface area contributed by atoms with E-state index >= 15 is 0 Å². The van der Waals surface area contributed by atoms with Gasteiger partial charge in [-0.25, -0.2) is 8.42 Å². The summed E-state index contributed by atoms with van der Waals surface area (Å²) in [6.07, 6.45) is 2.86. The molecule has 1 aliphatic rings. The molecule has 1 heterocycles. The molecule has 0 saturated carbocycles. The lowest BCUT2D eigenvalue weighted by Crippen LogP contribution is -2.47. The topological polar surface area (TPSA) is 46.6 Å². The van der Waals surface area contributed by atoms with Gasteiger partial charge in [0, 0.05) is 12.1 Å². The lowest BCUT2D eigenvalue weighted by atomic mass is 10.0. The van der Waals surface area contributed by atoms with Crippen LogP contribution in [0.4, 0.5) is 0 Å². The smallest absolute Gasteiger partial charge is 0.243 e. The third-order valence-electron chi connectivity index (χ3n) is 3.81. The Morgan fingerprint density at radius 1 is 1.25 bits per heavy atom. The fourth-order valence-corrected chi connectivity index (χ4v) is 5.03. The summed E-state index contributed by atoms with van der Waals surface area (Å²) in [6.45, 7) is 3.91. The first-order valence-electron chi connectivity index (χ1n) is 6.75. The Bertz CT molecular complexity index is 578. The van der Waals surface area contributed by atoms with E-state index in [0.29, 0.717) is 10.8 Å². The SMILES string of the molecule is COc1ccc(S(=O)(=O)N2[C@H](C)CCC[C@H]2C)cc1Cl. The number of benzene rings is 1. The van der Waals surface area contributed by atoms with Gasteiger partial charge in [-0.2, -0.15) is 4.31 Å². The Balaban J connectivity index is 2.41. The summed E-state index contributed by atoms with van der Waals surface area (Å²) in [5.74, 6) is 0.477. The van der Waals surface area contributed by atoms with E-state index < -0.39 is 10.0 Å². The first kappa shape index (κ1) is 15.6. The minimum absolute atomic E-state index is 0.0182. The average molecular weight is 318 g/mol. The molecule has 1 fully saturated rings. The summed E-state index contributed by atoms with van der Waals surface area (Å²) in [4.78, 5) is 0.226. The van der Waals surface area contributed by atoms with Crippen molar-refractivity contribution in [1.82, 2.24) is 4.31 Å². The second-order valence-electron chi connectivity index (χ2n) is 5.26. The van der Waals surface area contributed by atoms with Crippen molar-refractivity contribution in [3.8, 4) is 5.75 Å². The summed E-state index contributed by atoms with van der Waals surface area (Å²) < 4.78 is 32.2. The highest BCUT2D eigenvalue weighted by molar-refractivity contribution is 7.89. The molecule has 2 atom stereocenters. The quantitative estimate of drug-likeness (QED) is 0.859. The lowest BCUT2D eigenvalue weighted by molar-refractivity contribution is 0.204. The van der Waals surface area contributed by atoms with Gasteiger partial charge in [0.25, 0.3) is 0 Å². The number of piperidine rings is 1. The molecule has 6 heteroatoms. The third-order valence-corrected chi connectivity index (χ3v) is 6.23. The summed E-state index contributed by atoms with van der Waals surface area (Å²) in [7, 11) is -2.01. The second-order valence-corrected chi connectivity index (χ2v) is 7.51. The Morgan fingerprint density at radius 3 is 2.35 bits per heavy atom. The van der Waals surface area contributed by atoms with Crippen LogP contribution in [0.1, 0.15) is 33.1 Å². The molecule has 4 nitrogen and oxygen atoms in total. The highest BCUT2D eigenvalue weighted by Gasteiger charge is 2.35. The summed E-state index contributed by atoms with van der Waals surface area (Å²) in [5.41, 5.74) is 0. The molecule has 0 N–H and O–H groups in total. The van der Waals surface area contributed by atoms with Crippen molar-refractivity contribution in [2.45, 2.75) is 50.1 Å². The molecule has 0 unspecified atom stereocenters. The molecule has 0 aromatic heterocycles. The molecule has 0 radical (unpaired) electrons. The normalized spacial score (nSPS) is 24.6.